The third-order valence-corrected chi connectivity index (χ3v) is 3.37. The van der Waals surface area contributed by atoms with Gasteiger partial charge in [-0.25, -0.2) is 4.39 Å². The van der Waals surface area contributed by atoms with Crippen LogP contribution < -0.4 is 11.1 Å². The van der Waals surface area contributed by atoms with Gasteiger partial charge in [-0.1, -0.05) is 26.7 Å². The molecule has 1 rings (SSSR count). The molecule has 3 nitrogen and oxygen atoms in total. The predicted octanol–water partition coefficient (Wildman–Crippen LogP) is 2.96. The molecular formula is C14H21FN2O. The van der Waals surface area contributed by atoms with E-state index in [1.807, 2.05) is 6.92 Å². The Bertz CT molecular complexity index is 416. The van der Waals surface area contributed by atoms with E-state index in [9.17, 15) is 9.18 Å². The molecule has 4 heteroatoms. The standard InChI is InChI=1S/C14H21FN2O/c1-4-10(5-2)9(3)17-14(18)11-6-7-12(15)13(16)8-11/h6-10H,4-5,16H2,1-3H3,(H,17,18). The number of rotatable bonds is 5. The molecule has 0 aromatic heterocycles. The highest BCUT2D eigenvalue weighted by Gasteiger charge is 2.17. The summed E-state index contributed by atoms with van der Waals surface area (Å²) < 4.78 is 13.0. The van der Waals surface area contributed by atoms with Crippen LogP contribution in [0.4, 0.5) is 10.1 Å². The van der Waals surface area contributed by atoms with E-state index in [0.29, 0.717) is 11.5 Å². The van der Waals surface area contributed by atoms with Crippen molar-refractivity contribution in [3.05, 3.63) is 29.6 Å². The Kier molecular flexibility index (Phi) is 5.13. The first kappa shape index (κ1) is 14.5. The monoisotopic (exact) mass is 252 g/mol. The van der Waals surface area contributed by atoms with Gasteiger partial charge in [0.15, 0.2) is 0 Å². The van der Waals surface area contributed by atoms with Crippen LogP contribution in [0.1, 0.15) is 44.0 Å². The molecule has 0 aliphatic carbocycles. The molecule has 0 heterocycles. The SMILES string of the molecule is CCC(CC)C(C)NC(=O)c1ccc(F)c(N)c1. The molecule has 0 saturated carbocycles. The van der Waals surface area contributed by atoms with Gasteiger partial charge in [0.2, 0.25) is 0 Å². The van der Waals surface area contributed by atoms with Crippen LogP contribution in [0.2, 0.25) is 0 Å². The minimum absolute atomic E-state index is 0.00200. The summed E-state index contributed by atoms with van der Waals surface area (Å²) in [7, 11) is 0. The number of hydrogen-bond donors (Lipinski definition) is 2. The molecule has 0 fully saturated rings. The van der Waals surface area contributed by atoms with Gasteiger partial charge in [0, 0.05) is 11.6 Å². The van der Waals surface area contributed by atoms with Gasteiger partial charge in [0.1, 0.15) is 5.82 Å². The fourth-order valence-electron chi connectivity index (χ4n) is 2.09. The van der Waals surface area contributed by atoms with Gasteiger partial charge in [-0.2, -0.15) is 0 Å². The van der Waals surface area contributed by atoms with Crippen molar-refractivity contribution in [3.8, 4) is 0 Å². The van der Waals surface area contributed by atoms with Crippen molar-refractivity contribution in [2.75, 3.05) is 5.73 Å². The average molecular weight is 252 g/mol. The first-order valence-corrected chi connectivity index (χ1v) is 6.35. The highest BCUT2D eigenvalue weighted by molar-refractivity contribution is 5.95. The number of halogens is 1. The second kappa shape index (κ2) is 6.38. The number of carbonyl (C=O) groups is 1. The third-order valence-electron chi connectivity index (χ3n) is 3.37. The predicted molar refractivity (Wildman–Crippen MR) is 71.8 cm³/mol. The zero-order chi connectivity index (χ0) is 13.7. The number of amides is 1. The van der Waals surface area contributed by atoms with Gasteiger partial charge >= 0.3 is 0 Å². The van der Waals surface area contributed by atoms with E-state index in [1.54, 1.807) is 0 Å². The van der Waals surface area contributed by atoms with Crippen molar-refractivity contribution in [2.45, 2.75) is 39.7 Å². The second-order valence-corrected chi connectivity index (χ2v) is 4.58. The molecule has 1 aromatic rings. The minimum Gasteiger partial charge on any atom is -0.396 e. The van der Waals surface area contributed by atoms with E-state index < -0.39 is 5.82 Å². The van der Waals surface area contributed by atoms with Gasteiger partial charge in [0.05, 0.1) is 5.69 Å². The number of nitrogens with one attached hydrogen (secondary N) is 1. The van der Waals surface area contributed by atoms with E-state index in [-0.39, 0.29) is 17.6 Å². The Morgan fingerprint density at radius 1 is 1.39 bits per heavy atom. The van der Waals surface area contributed by atoms with Crippen molar-refractivity contribution in [1.82, 2.24) is 5.32 Å². The molecule has 0 spiro atoms. The summed E-state index contributed by atoms with van der Waals surface area (Å²) >= 11 is 0. The summed E-state index contributed by atoms with van der Waals surface area (Å²) in [6, 6.07) is 4.12. The number of nitrogens with two attached hydrogens (primary N) is 1. The number of anilines is 1. The smallest absolute Gasteiger partial charge is 0.251 e. The molecule has 1 amide bonds. The lowest BCUT2D eigenvalue weighted by Gasteiger charge is -2.22. The van der Waals surface area contributed by atoms with Crippen LogP contribution in [0.3, 0.4) is 0 Å². The maximum Gasteiger partial charge on any atom is 0.251 e. The Morgan fingerprint density at radius 2 is 2.00 bits per heavy atom. The number of nitrogen functional groups attached to an aromatic ring is 1. The topological polar surface area (TPSA) is 55.1 Å². The summed E-state index contributed by atoms with van der Waals surface area (Å²) in [6.07, 6.45) is 2.03. The highest BCUT2D eigenvalue weighted by atomic mass is 19.1. The van der Waals surface area contributed by atoms with Crippen molar-refractivity contribution < 1.29 is 9.18 Å². The Morgan fingerprint density at radius 3 is 2.50 bits per heavy atom. The maximum absolute atomic E-state index is 13.0. The lowest BCUT2D eigenvalue weighted by atomic mass is 9.95. The second-order valence-electron chi connectivity index (χ2n) is 4.58. The van der Waals surface area contributed by atoms with Crippen LogP contribution in [-0.4, -0.2) is 11.9 Å². The normalized spacial score (nSPS) is 12.5. The summed E-state index contributed by atoms with van der Waals surface area (Å²) in [6.45, 7) is 6.20. The fraction of sp³-hybridized carbons (Fsp3) is 0.500. The fourth-order valence-corrected chi connectivity index (χ4v) is 2.09. The van der Waals surface area contributed by atoms with E-state index >= 15 is 0 Å². The summed E-state index contributed by atoms with van der Waals surface area (Å²) in [4.78, 5) is 12.0. The van der Waals surface area contributed by atoms with Gasteiger partial charge in [0.25, 0.3) is 5.91 Å². The zero-order valence-corrected chi connectivity index (χ0v) is 11.2. The Hall–Kier alpha value is -1.58. The van der Waals surface area contributed by atoms with Crippen LogP contribution in [0.5, 0.6) is 0 Å². The van der Waals surface area contributed by atoms with E-state index in [1.165, 1.54) is 18.2 Å². The first-order valence-electron chi connectivity index (χ1n) is 6.35. The van der Waals surface area contributed by atoms with Crippen molar-refractivity contribution in [1.29, 1.82) is 0 Å². The lowest BCUT2D eigenvalue weighted by molar-refractivity contribution is 0.0925. The van der Waals surface area contributed by atoms with Crippen LogP contribution in [-0.2, 0) is 0 Å². The summed E-state index contributed by atoms with van der Waals surface area (Å²) in [5.74, 6) is -0.257. The minimum atomic E-state index is -0.500. The van der Waals surface area contributed by atoms with Crippen molar-refractivity contribution in [3.63, 3.8) is 0 Å². The number of hydrogen-bond acceptors (Lipinski definition) is 2. The van der Waals surface area contributed by atoms with Crippen LogP contribution in [0, 0.1) is 11.7 Å². The van der Waals surface area contributed by atoms with Gasteiger partial charge in [-0.15, -0.1) is 0 Å². The molecule has 0 saturated heterocycles. The van der Waals surface area contributed by atoms with Crippen molar-refractivity contribution >= 4 is 11.6 Å². The molecule has 100 valence electrons. The Balaban J connectivity index is 2.73. The molecule has 0 aliphatic rings. The van der Waals surface area contributed by atoms with Crippen LogP contribution >= 0.6 is 0 Å². The van der Waals surface area contributed by atoms with Gasteiger partial charge in [-0.3, -0.25) is 4.79 Å². The largest absolute Gasteiger partial charge is 0.396 e. The van der Waals surface area contributed by atoms with E-state index in [0.717, 1.165) is 12.8 Å². The molecule has 1 atom stereocenters. The molecule has 0 bridgehead atoms. The van der Waals surface area contributed by atoms with E-state index in [4.69, 9.17) is 5.73 Å². The molecule has 0 aliphatic heterocycles. The summed E-state index contributed by atoms with van der Waals surface area (Å²) in [5, 5.41) is 2.93. The molecular weight excluding hydrogens is 231 g/mol. The van der Waals surface area contributed by atoms with Crippen molar-refractivity contribution in [2.24, 2.45) is 5.92 Å². The molecule has 1 aromatic carbocycles. The van der Waals surface area contributed by atoms with Gasteiger partial charge < -0.3 is 11.1 Å². The highest BCUT2D eigenvalue weighted by Crippen LogP contribution is 2.15. The van der Waals surface area contributed by atoms with E-state index in [2.05, 4.69) is 19.2 Å². The Labute approximate surface area is 108 Å². The molecule has 0 radical (unpaired) electrons. The molecule has 1 unspecified atom stereocenters. The van der Waals surface area contributed by atoms with Crippen LogP contribution in [0.25, 0.3) is 0 Å². The lowest BCUT2D eigenvalue weighted by Crippen LogP contribution is -2.37. The first-order chi connectivity index (χ1) is 8.49. The number of benzene rings is 1. The quantitative estimate of drug-likeness (QED) is 0.792. The number of carbonyl (C=O) groups excluding carboxylic acids is 1. The zero-order valence-electron chi connectivity index (χ0n) is 11.2. The average Bonchev–Trinajstić information content (AvgIpc) is 2.34. The molecule has 18 heavy (non-hydrogen) atoms. The maximum atomic E-state index is 13.0. The van der Waals surface area contributed by atoms with Gasteiger partial charge in [-0.05, 0) is 31.0 Å². The molecule has 3 N–H and O–H groups in total. The summed E-state index contributed by atoms with van der Waals surface area (Å²) in [5.41, 5.74) is 5.84. The van der Waals surface area contributed by atoms with Crippen LogP contribution in [0.15, 0.2) is 18.2 Å². The third kappa shape index (κ3) is 3.45.